The molecule has 1 saturated heterocycles. The van der Waals surface area contributed by atoms with Crippen molar-refractivity contribution in [2.24, 2.45) is 0 Å². The number of carbonyl (C=O) groups is 2. The average Bonchev–Trinajstić information content (AvgIpc) is 2.40. The highest BCUT2D eigenvalue weighted by molar-refractivity contribution is 5.90. The summed E-state index contributed by atoms with van der Waals surface area (Å²) in [4.78, 5) is 28.0. The van der Waals surface area contributed by atoms with Crippen molar-refractivity contribution < 1.29 is 14.7 Å². The maximum atomic E-state index is 11.9. The number of piperidine rings is 1. The Hall–Kier alpha value is -2.11. The van der Waals surface area contributed by atoms with Crippen LogP contribution in [-0.2, 0) is 0 Å². The molecule has 2 rings (SSSR count). The number of nitrogens with one attached hydrogen (secondary N) is 1. The Kier molecular flexibility index (Phi) is 3.76. The first-order valence-electron chi connectivity index (χ1n) is 5.92. The molecule has 2 N–H and O–H groups in total. The smallest absolute Gasteiger partial charge is 0.354 e. The quantitative estimate of drug-likeness (QED) is 0.837. The second-order valence-electron chi connectivity index (χ2n) is 4.22. The van der Waals surface area contributed by atoms with Crippen molar-refractivity contribution in [2.75, 3.05) is 18.4 Å². The summed E-state index contributed by atoms with van der Waals surface area (Å²) in [5.74, 6) is -1.08. The number of urea groups is 1. The molecule has 0 aromatic carbocycles. The van der Waals surface area contributed by atoms with Crippen LogP contribution >= 0.6 is 0 Å². The third-order valence-corrected chi connectivity index (χ3v) is 2.88. The fraction of sp³-hybridized carbons (Fsp3) is 0.417. The van der Waals surface area contributed by atoms with Crippen molar-refractivity contribution in [2.45, 2.75) is 19.3 Å². The van der Waals surface area contributed by atoms with Crippen molar-refractivity contribution in [1.82, 2.24) is 9.88 Å². The number of likely N-dealkylation sites (tertiary alicyclic amines) is 1. The topological polar surface area (TPSA) is 82.5 Å². The molecule has 96 valence electrons. The minimum atomic E-state index is -1.08. The van der Waals surface area contributed by atoms with Gasteiger partial charge in [0.1, 0.15) is 5.69 Å². The molecule has 18 heavy (non-hydrogen) atoms. The summed E-state index contributed by atoms with van der Waals surface area (Å²) in [5, 5.41) is 11.4. The fourth-order valence-electron chi connectivity index (χ4n) is 1.89. The molecular formula is C12H15N3O3. The number of aromatic nitrogens is 1. The Morgan fingerprint density at radius 3 is 2.50 bits per heavy atom. The molecule has 2 amide bonds. The van der Waals surface area contributed by atoms with Crippen LogP contribution in [0.1, 0.15) is 29.8 Å². The Labute approximate surface area is 105 Å². The van der Waals surface area contributed by atoms with Crippen LogP contribution in [-0.4, -0.2) is 40.1 Å². The number of pyridine rings is 1. The minimum absolute atomic E-state index is 0.0361. The zero-order chi connectivity index (χ0) is 13.0. The number of anilines is 1. The van der Waals surface area contributed by atoms with Crippen LogP contribution in [0.4, 0.5) is 10.5 Å². The second kappa shape index (κ2) is 5.48. The van der Waals surface area contributed by atoms with E-state index in [1.807, 2.05) is 0 Å². The molecule has 1 aromatic rings. The molecular weight excluding hydrogens is 234 g/mol. The van der Waals surface area contributed by atoms with Crippen LogP contribution < -0.4 is 5.32 Å². The number of carboxylic acid groups (broad SMARTS) is 1. The number of carboxylic acids is 1. The van der Waals surface area contributed by atoms with Crippen LogP contribution in [0, 0.1) is 0 Å². The standard InChI is InChI=1S/C12H15N3O3/c16-11(17)10-5-4-9(8-13-10)14-12(18)15-6-2-1-3-7-15/h4-5,8H,1-3,6-7H2,(H,14,18)(H,16,17). The summed E-state index contributed by atoms with van der Waals surface area (Å²) in [7, 11) is 0. The van der Waals surface area contributed by atoms with Crippen LogP contribution in [0.15, 0.2) is 18.3 Å². The monoisotopic (exact) mass is 249 g/mol. The van der Waals surface area contributed by atoms with E-state index in [0.29, 0.717) is 5.69 Å². The van der Waals surface area contributed by atoms with E-state index in [9.17, 15) is 9.59 Å². The van der Waals surface area contributed by atoms with Gasteiger partial charge in [0.25, 0.3) is 0 Å². The predicted molar refractivity (Wildman–Crippen MR) is 65.6 cm³/mol. The van der Waals surface area contributed by atoms with Gasteiger partial charge in [-0.25, -0.2) is 14.6 Å². The van der Waals surface area contributed by atoms with Crippen molar-refractivity contribution in [3.8, 4) is 0 Å². The average molecular weight is 249 g/mol. The third kappa shape index (κ3) is 2.97. The number of hydrogen-bond donors (Lipinski definition) is 2. The lowest BCUT2D eigenvalue weighted by Crippen LogP contribution is -2.38. The zero-order valence-corrected chi connectivity index (χ0v) is 9.93. The Morgan fingerprint density at radius 2 is 1.94 bits per heavy atom. The van der Waals surface area contributed by atoms with E-state index in [0.717, 1.165) is 25.9 Å². The van der Waals surface area contributed by atoms with E-state index in [1.54, 1.807) is 4.90 Å². The summed E-state index contributed by atoms with van der Waals surface area (Å²) in [6, 6.07) is 2.76. The zero-order valence-electron chi connectivity index (χ0n) is 9.93. The number of aromatic carboxylic acids is 1. The van der Waals surface area contributed by atoms with Crippen LogP contribution in [0.25, 0.3) is 0 Å². The first kappa shape index (κ1) is 12.3. The fourth-order valence-corrected chi connectivity index (χ4v) is 1.89. The van der Waals surface area contributed by atoms with Gasteiger partial charge in [0.05, 0.1) is 11.9 Å². The number of hydrogen-bond acceptors (Lipinski definition) is 3. The van der Waals surface area contributed by atoms with E-state index < -0.39 is 5.97 Å². The molecule has 1 aliphatic heterocycles. The number of carbonyl (C=O) groups excluding carboxylic acids is 1. The molecule has 1 aromatic heterocycles. The van der Waals surface area contributed by atoms with Gasteiger partial charge in [-0.1, -0.05) is 0 Å². The summed E-state index contributed by atoms with van der Waals surface area (Å²) in [5.41, 5.74) is 0.474. The third-order valence-electron chi connectivity index (χ3n) is 2.88. The van der Waals surface area contributed by atoms with Gasteiger partial charge in [-0.2, -0.15) is 0 Å². The molecule has 0 saturated carbocycles. The van der Waals surface area contributed by atoms with Crippen molar-refractivity contribution in [3.05, 3.63) is 24.0 Å². The van der Waals surface area contributed by atoms with Gasteiger partial charge in [0, 0.05) is 13.1 Å². The number of amides is 2. The summed E-state index contributed by atoms with van der Waals surface area (Å²) in [6.07, 6.45) is 4.58. The Morgan fingerprint density at radius 1 is 1.22 bits per heavy atom. The van der Waals surface area contributed by atoms with Crippen LogP contribution in [0.5, 0.6) is 0 Å². The molecule has 0 atom stereocenters. The van der Waals surface area contributed by atoms with E-state index >= 15 is 0 Å². The SMILES string of the molecule is O=C(O)c1ccc(NC(=O)N2CCCCC2)cn1. The van der Waals surface area contributed by atoms with Crippen molar-refractivity contribution in [1.29, 1.82) is 0 Å². The molecule has 0 unspecified atom stereocenters. The van der Waals surface area contributed by atoms with E-state index in [-0.39, 0.29) is 11.7 Å². The lowest BCUT2D eigenvalue weighted by atomic mass is 10.1. The largest absolute Gasteiger partial charge is 0.477 e. The molecule has 0 spiro atoms. The Bertz CT molecular complexity index is 438. The molecule has 0 radical (unpaired) electrons. The van der Waals surface area contributed by atoms with Gasteiger partial charge in [-0.05, 0) is 31.4 Å². The van der Waals surface area contributed by atoms with Gasteiger partial charge in [-0.15, -0.1) is 0 Å². The molecule has 0 aliphatic carbocycles. The molecule has 1 aliphatic rings. The highest BCUT2D eigenvalue weighted by Crippen LogP contribution is 2.12. The highest BCUT2D eigenvalue weighted by Gasteiger charge is 2.16. The van der Waals surface area contributed by atoms with Gasteiger partial charge in [0.15, 0.2) is 0 Å². The molecule has 1 fully saturated rings. The summed E-state index contributed by atoms with van der Waals surface area (Å²) < 4.78 is 0. The van der Waals surface area contributed by atoms with Crippen LogP contribution in [0.3, 0.4) is 0 Å². The predicted octanol–water partition coefficient (Wildman–Crippen LogP) is 1.80. The normalized spacial score (nSPS) is 15.2. The Balaban J connectivity index is 1.96. The van der Waals surface area contributed by atoms with E-state index in [4.69, 9.17) is 5.11 Å². The maximum Gasteiger partial charge on any atom is 0.354 e. The number of rotatable bonds is 2. The van der Waals surface area contributed by atoms with Gasteiger partial charge >= 0.3 is 12.0 Å². The van der Waals surface area contributed by atoms with Crippen molar-refractivity contribution in [3.63, 3.8) is 0 Å². The second-order valence-corrected chi connectivity index (χ2v) is 4.22. The maximum absolute atomic E-state index is 11.9. The van der Waals surface area contributed by atoms with Crippen LogP contribution in [0.2, 0.25) is 0 Å². The number of nitrogens with zero attached hydrogens (tertiary/aromatic N) is 2. The minimum Gasteiger partial charge on any atom is -0.477 e. The summed E-state index contributed by atoms with van der Waals surface area (Å²) >= 11 is 0. The molecule has 6 heteroatoms. The van der Waals surface area contributed by atoms with Gasteiger partial charge in [0.2, 0.25) is 0 Å². The lowest BCUT2D eigenvalue weighted by Gasteiger charge is -2.26. The van der Waals surface area contributed by atoms with E-state index in [2.05, 4.69) is 10.3 Å². The van der Waals surface area contributed by atoms with E-state index in [1.165, 1.54) is 24.8 Å². The summed E-state index contributed by atoms with van der Waals surface area (Å²) in [6.45, 7) is 1.54. The molecule has 6 nitrogen and oxygen atoms in total. The lowest BCUT2D eigenvalue weighted by molar-refractivity contribution is 0.0690. The first-order chi connectivity index (χ1) is 8.66. The van der Waals surface area contributed by atoms with Gasteiger partial charge < -0.3 is 15.3 Å². The van der Waals surface area contributed by atoms with Gasteiger partial charge in [-0.3, -0.25) is 0 Å². The molecule has 0 bridgehead atoms. The molecule has 2 heterocycles. The first-order valence-corrected chi connectivity index (χ1v) is 5.92. The highest BCUT2D eigenvalue weighted by atomic mass is 16.4. The van der Waals surface area contributed by atoms with Crippen molar-refractivity contribution >= 4 is 17.7 Å².